The van der Waals surface area contributed by atoms with Crippen molar-refractivity contribution >= 4 is 5.91 Å². The molecule has 0 bridgehead atoms. The molecule has 3 unspecified atom stereocenters. The number of carbonyl (C=O) groups excluding carboxylic acids is 1. The highest BCUT2D eigenvalue weighted by Gasteiger charge is 2.36. The minimum atomic E-state index is -0.192. The molecule has 2 aliphatic heterocycles. The van der Waals surface area contributed by atoms with Crippen LogP contribution in [0.15, 0.2) is 0 Å². The second-order valence-electron chi connectivity index (χ2n) is 5.24. The van der Waals surface area contributed by atoms with E-state index >= 15 is 0 Å². The summed E-state index contributed by atoms with van der Waals surface area (Å²) < 4.78 is 5.60. The third-order valence-electron chi connectivity index (χ3n) is 3.85. The Kier molecular flexibility index (Phi) is 4.40. The van der Waals surface area contributed by atoms with Crippen LogP contribution in [0.1, 0.15) is 33.1 Å². The van der Waals surface area contributed by atoms with Crippen LogP contribution in [-0.2, 0) is 9.53 Å². The van der Waals surface area contributed by atoms with Gasteiger partial charge < -0.3 is 15.0 Å². The summed E-state index contributed by atoms with van der Waals surface area (Å²) in [5, 5.41) is 3.33. The zero-order chi connectivity index (χ0) is 12.3. The van der Waals surface area contributed by atoms with Crippen molar-refractivity contribution in [3.05, 3.63) is 0 Å². The molecule has 0 radical (unpaired) electrons. The van der Waals surface area contributed by atoms with Crippen molar-refractivity contribution in [2.24, 2.45) is 5.92 Å². The third-order valence-corrected chi connectivity index (χ3v) is 3.85. The largest absolute Gasteiger partial charge is 0.368 e. The first kappa shape index (κ1) is 12.8. The minimum Gasteiger partial charge on any atom is -0.368 e. The van der Waals surface area contributed by atoms with Crippen molar-refractivity contribution in [1.82, 2.24) is 10.2 Å². The van der Waals surface area contributed by atoms with Crippen LogP contribution in [0.5, 0.6) is 0 Å². The average Bonchev–Trinajstić information content (AvgIpc) is 2.95. The lowest BCUT2D eigenvalue weighted by Crippen LogP contribution is -2.48. The van der Waals surface area contributed by atoms with E-state index in [-0.39, 0.29) is 12.0 Å². The first-order valence-corrected chi connectivity index (χ1v) is 6.86. The standard InChI is InChI=1S/C13H24N2O2/c1-3-7-15(11-4-6-14-9-11)13(16)12-10(2)5-8-17-12/h10-12,14H,3-9H2,1-2H3. The fraction of sp³-hybridized carbons (Fsp3) is 0.923. The highest BCUT2D eigenvalue weighted by atomic mass is 16.5. The molecule has 3 atom stereocenters. The summed E-state index contributed by atoms with van der Waals surface area (Å²) >= 11 is 0. The van der Waals surface area contributed by atoms with E-state index in [9.17, 15) is 4.79 Å². The fourth-order valence-corrected chi connectivity index (χ4v) is 2.79. The van der Waals surface area contributed by atoms with E-state index < -0.39 is 0 Å². The van der Waals surface area contributed by atoms with Gasteiger partial charge in [-0.15, -0.1) is 0 Å². The van der Waals surface area contributed by atoms with Crippen molar-refractivity contribution in [1.29, 1.82) is 0 Å². The molecule has 1 N–H and O–H groups in total. The van der Waals surface area contributed by atoms with Crippen molar-refractivity contribution in [3.8, 4) is 0 Å². The molecule has 1 amide bonds. The second-order valence-corrected chi connectivity index (χ2v) is 5.24. The monoisotopic (exact) mass is 240 g/mol. The molecule has 0 aromatic carbocycles. The summed E-state index contributed by atoms with van der Waals surface area (Å²) in [6, 6.07) is 0.374. The lowest BCUT2D eigenvalue weighted by molar-refractivity contribution is -0.144. The van der Waals surface area contributed by atoms with E-state index in [1.165, 1.54) is 0 Å². The van der Waals surface area contributed by atoms with Crippen molar-refractivity contribution in [2.75, 3.05) is 26.2 Å². The normalized spacial score (nSPS) is 32.9. The van der Waals surface area contributed by atoms with Gasteiger partial charge in [0.2, 0.25) is 0 Å². The molecule has 4 heteroatoms. The molecular formula is C13H24N2O2. The Bertz CT molecular complexity index is 264. The first-order chi connectivity index (χ1) is 8.24. The number of nitrogens with one attached hydrogen (secondary N) is 1. The summed E-state index contributed by atoms with van der Waals surface area (Å²) in [6.45, 7) is 7.80. The number of hydrogen-bond donors (Lipinski definition) is 1. The lowest BCUT2D eigenvalue weighted by atomic mass is 10.0. The fourth-order valence-electron chi connectivity index (χ4n) is 2.79. The van der Waals surface area contributed by atoms with E-state index in [0.717, 1.165) is 45.5 Å². The van der Waals surface area contributed by atoms with Crippen LogP contribution >= 0.6 is 0 Å². The summed E-state index contributed by atoms with van der Waals surface area (Å²) in [5.74, 6) is 0.585. The van der Waals surface area contributed by atoms with Gasteiger partial charge >= 0.3 is 0 Å². The summed E-state index contributed by atoms with van der Waals surface area (Å²) in [5.41, 5.74) is 0. The predicted molar refractivity (Wildman–Crippen MR) is 66.8 cm³/mol. The lowest BCUT2D eigenvalue weighted by Gasteiger charge is -2.31. The van der Waals surface area contributed by atoms with Gasteiger partial charge in [-0.25, -0.2) is 0 Å². The zero-order valence-corrected chi connectivity index (χ0v) is 10.9. The van der Waals surface area contributed by atoms with Crippen LogP contribution < -0.4 is 5.32 Å². The van der Waals surface area contributed by atoms with Crippen LogP contribution in [-0.4, -0.2) is 49.2 Å². The molecular weight excluding hydrogens is 216 g/mol. The number of nitrogens with zero attached hydrogens (tertiary/aromatic N) is 1. The van der Waals surface area contributed by atoms with Gasteiger partial charge in [0.1, 0.15) is 6.10 Å². The Morgan fingerprint density at radius 1 is 1.47 bits per heavy atom. The number of carbonyl (C=O) groups is 1. The molecule has 0 aromatic rings. The molecule has 0 saturated carbocycles. The maximum absolute atomic E-state index is 12.5. The predicted octanol–water partition coefficient (Wildman–Crippen LogP) is 1.01. The Balaban J connectivity index is 2.01. The second kappa shape index (κ2) is 5.83. The summed E-state index contributed by atoms with van der Waals surface area (Å²) in [4.78, 5) is 14.6. The van der Waals surface area contributed by atoms with Gasteiger partial charge in [-0.3, -0.25) is 4.79 Å². The van der Waals surface area contributed by atoms with Gasteiger partial charge in [0.25, 0.3) is 5.91 Å². The molecule has 4 nitrogen and oxygen atoms in total. The van der Waals surface area contributed by atoms with Crippen molar-refractivity contribution in [2.45, 2.75) is 45.3 Å². The van der Waals surface area contributed by atoms with E-state index in [1.807, 2.05) is 4.90 Å². The molecule has 98 valence electrons. The van der Waals surface area contributed by atoms with Crippen LogP contribution in [0.3, 0.4) is 0 Å². The van der Waals surface area contributed by atoms with Crippen LogP contribution in [0.25, 0.3) is 0 Å². The van der Waals surface area contributed by atoms with Gasteiger partial charge in [0.15, 0.2) is 0 Å². The number of hydrogen-bond acceptors (Lipinski definition) is 3. The molecule has 2 fully saturated rings. The highest BCUT2D eigenvalue weighted by molar-refractivity contribution is 5.82. The number of ether oxygens (including phenoxy) is 1. The van der Waals surface area contributed by atoms with Crippen LogP contribution in [0, 0.1) is 5.92 Å². The average molecular weight is 240 g/mol. The Morgan fingerprint density at radius 3 is 2.82 bits per heavy atom. The van der Waals surface area contributed by atoms with Gasteiger partial charge in [0.05, 0.1) is 0 Å². The Labute approximate surface area is 104 Å². The summed E-state index contributed by atoms with van der Waals surface area (Å²) in [6.07, 6.45) is 2.91. The van der Waals surface area contributed by atoms with Gasteiger partial charge in [0, 0.05) is 25.7 Å². The highest BCUT2D eigenvalue weighted by Crippen LogP contribution is 2.23. The van der Waals surface area contributed by atoms with Crippen molar-refractivity contribution < 1.29 is 9.53 Å². The number of amides is 1. The third kappa shape index (κ3) is 2.80. The van der Waals surface area contributed by atoms with E-state index in [0.29, 0.717) is 12.0 Å². The zero-order valence-electron chi connectivity index (χ0n) is 10.9. The Morgan fingerprint density at radius 2 is 2.29 bits per heavy atom. The van der Waals surface area contributed by atoms with Crippen LogP contribution in [0.4, 0.5) is 0 Å². The minimum absolute atomic E-state index is 0.192. The van der Waals surface area contributed by atoms with E-state index in [1.54, 1.807) is 0 Å². The summed E-state index contributed by atoms with van der Waals surface area (Å²) in [7, 11) is 0. The Hall–Kier alpha value is -0.610. The molecule has 2 aliphatic rings. The maximum atomic E-state index is 12.5. The van der Waals surface area contributed by atoms with Gasteiger partial charge in [-0.05, 0) is 31.7 Å². The van der Waals surface area contributed by atoms with Gasteiger partial charge in [-0.2, -0.15) is 0 Å². The van der Waals surface area contributed by atoms with Crippen molar-refractivity contribution in [3.63, 3.8) is 0 Å². The molecule has 2 rings (SSSR count). The smallest absolute Gasteiger partial charge is 0.252 e. The molecule has 2 heterocycles. The molecule has 17 heavy (non-hydrogen) atoms. The van der Waals surface area contributed by atoms with E-state index in [4.69, 9.17) is 4.74 Å². The molecule has 2 saturated heterocycles. The van der Waals surface area contributed by atoms with E-state index in [2.05, 4.69) is 19.2 Å². The molecule has 0 aliphatic carbocycles. The molecule has 0 aromatic heterocycles. The molecule has 0 spiro atoms. The number of rotatable bonds is 4. The topological polar surface area (TPSA) is 41.6 Å². The first-order valence-electron chi connectivity index (χ1n) is 6.86. The quantitative estimate of drug-likeness (QED) is 0.797. The van der Waals surface area contributed by atoms with Crippen LogP contribution in [0.2, 0.25) is 0 Å². The SMILES string of the molecule is CCCN(C(=O)C1OCCC1C)C1CCNC1. The van der Waals surface area contributed by atoms with Gasteiger partial charge in [-0.1, -0.05) is 13.8 Å². The maximum Gasteiger partial charge on any atom is 0.252 e.